The summed E-state index contributed by atoms with van der Waals surface area (Å²) in [4.78, 5) is 38.7. The van der Waals surface area contributed by atoms with Crippen molar-refractivity contribution < 1.29 is 9.18 Å². The van der Waals surface area contributed by atoms with E-state index in [4.69, 9.17) is 0 Å². The van der Waals surface area contributed by atoms with E-state index in [-0.39, 0.29) is 18.3 Å². The Kier molecular flexibility index (Phi) is 6.25. The Bertz CT molecular complexity index is 1200. The number of hydrogen-bond acceptors (Lipinski definition) is 4. The van der Waals surface area contributed by atoms with Crippen molar-refractivity contribution in [1.82, 2.24) is 19.7 Å². The minimum absolute atomic E-state index is 0.0409. The van der Waals surface area contributed by atoms with Gasteiger partial charge in [0.15, 0.2) is 0 Å². The van der Waals surface area contributed by atoms with Crippen LogP contribution < -0.4 is 16.6 Å². The van der Waals surface area contributed by atoms with E-state index in [2.05, 4.69) is 10.4 Å². The van der Waals surface area contributed by atoms with E-state index in [1.165, 1.54) is 18.2 Å². The lowest BCUT2D eigenvalue weighted by Crippen LogP contribution is -2.47. The van der Waals surface area contributed by atoms with Crippen molar-refractivity contribution in [2.45, 2.75) is 39.8 Å². The fourth-order valence-electron chi connectivity index (χ4n) is 2.96. The monoisotopic (exact) mass is 410 g/mol. The molecule has 1 amide bonds. The number of hydrogen-bond donors (Lipinski definition) is 1. The Labute approximate surface area is 172 Å². The summed E-state index contributed by atoms with van der Waals surface area (Å²) in [5, 5.41) is 6.67. The summed E-state index contributed by atoms with van der Waals surface area (Å²) in [5.74, 6) is -1.25. The zero-order valence-corrected chi connectivity index (χ0v) is 17.1. The second-order valence-electron chi connectivity index (χ2n) is 7.19. The molecular formula is C22H23FN4O3. The van der Waals surface area contributed by atoms with Gasteiger partial charge >= 0.3 is 5.69 Å². The number of nitrogens with one attached hydrogen (secondary N) is 1. The molecule has 1 heterocycles. The summed E-state index contributed by atoms with van der Waals surface area (Å²) < 4.78 is 15.6. The Balaban J connectivity index is 2.20. The first-order chi connectivity index (χ1) is 14.3. The molecule has 1 N–H and O–H groups in total. The molecule has 0 saturated carbocycles. The molecule has 0 unspecified atom stereocenters. The maximum atomic E-state index is 13.7. The van der Waals surface area contributed by atoms with E-state index in [1.54, 1.807) is 13.0 Å². The summed E-state index contributed by atoms with van der Waals surface area (Å²) in [6.07, 6.45) is 0.659. The molecule has 3 rings (SSSR count). The van der Waals surface area contributed by atoms with Gasteiger partial charge in [-0.25, -0.2) is 9.18 Å². The first kappa shape index (κ1) is 21.2. The molecular weight excluding hydrogens is 387 g/mol. The first-order valence-electron chi connectivity index (χ1n) is 9.66. The lowest BCUT2D eigenvalue weighted by atomic mass is 10.1. The third-order valence-corrected chi connectivity index (χ3v) is 4.74. The Morgan fingerprint density at radius 2 is 1.90 bits per heavy atom. The van der Waals surface area contributed by atoms with Crippen LogP contribution in [-0.2, 0) is 6.54 Å². The first-order valence-corrected chi connectivity index (χ1v) is 9.66. The summed E-state index contributed by atoms with van der Waals surface area (Å²) in [6.45, 7) is 5.55. The largest absolute Gasteiger partial charge is 0.352 e. The maximum Gasteiger partial charge on any atom is 0.352 e. The van der Waals surface area contributed by atoms with Crippen LogP contribution >= 0.6 is 0 Å². The highest BCUT2D eigenvalue weighted by Crippen LogP contribution is 2.08. The van der Waals surface area contributed by atoms with Crippen LogP contribution in [0.25, 0.3) is 5.69 Å². The van der Waals surface area contributed by atoms with Crippen LogP contribution in [0.15, 0.2) is 58.1 Å². The lowest BCUT2D eigenvalue weighted by molar-refractivity contribution is 0.0929. The van der Waals surface area contributed by atoms with Gasteiger partial charge in [0.1, 0.15) is 5.82 Å². The molecule has 0 saturated heterocycles. The summed E-state index contributed by atoms with van der Waals surface area (Å²) >= 11 is 0. The molecule has 3 aromatic rings. The number of carbonyl (C=O) groups excluding carboxylic acids is 1. The molecule has 0 radical (unpaired) electrons. The smallest absolute Gasteiger partial charge is 0.348 e. The molecule has 8 heteroatoms. The third kappa shape index (κ3) is 4.53. The Hall–Kier alpha value is -3.55. The minimum atomic E-state index is -0.796. The summed E-state index contributed by atoms with van der Waals surface area (Å²) in [5.41, 5.74) is -0.168. The van der Waals surface area contributed by atoms with E-state index in [1.807, 2.05) is 32.0 Å². The zero-order valence-electron chi connectivity index (χ0n) is 17.1. The van der Waals surface area contributed by atoms with Crippen molar-refractivity contribution in [2.75, 3.05) is 0 Å². The van der Waals surface area contributed by atoms with Gasteiger partial charge in [0.2, 0.25) is 5.69 Å². The van der Waals surface area contributed by atoms with Gasteiger partial charge in [-0.2, -0.15) is 9.78 Å². The van der Waals surface area contributed by atoms with Gasteiger partial charge in [-0.3, -0.25) is 14.2 Å². The summed E-state index contributed by atoms with van der Waals surface area (Å²) in [6, 6.07) is 12.4. The van der Waals surface area contributed by atoms with E-state index >= 15 is 0 Å². The topological polar surface area (TPSA) is 86.0 Å². The molecule has 2 aromatic carbocycles. The van der Waals surface area contributed by atoms with Gasteiger partial charge in [-0.05, 0) is 44.0 Å². The van der Waals surface area contributed by atoms with Gasteiger partial charge in [0.05, 0.1) is 12.2 Å². The van der Waals surface area contributed by atoms with Crippen molar-refractivity contribution in [3.8, 4) is 5.69 Å². The molecule has 30 heavy (non-hydrogen) atoms. The van der Waals surface area contributed by atoms with Gasteiger partial charge in [0, 0.05) is 6.04 Å². The Morgan fingerprint density at radius 1 is 1.17 bits per heavy atom. The quantitative estimate of drug-likeness (QED) is 0.676. The number of amides is 1. The van der Waals surface area contributed by atoms with Crippen LogP contribution in [0.4, 0.5) is 4.39 Å². The highest BCUT2D eigenvalue weighted by atomic mass is 19.1. The average Bonchev–Trinajstić information content (AvgIpc) is 2.71. The van der Waals surface area contributed by atoms with Crippen LogP contribution in [-0.4, -0.2) is 26.3 Å². The maximum absolute atomic E-state index is 13.7. The van der Waals surface area contributed by atoms with Crippen LogP contribution in [0.5, 0.6) is 0 Å². The molecule has 1 aromatic heterocycles. The fourth-order valence-corrected chi connectivity index (χ4v) is 2.96. The summed E-state index contributed by atoms with van der Waals surface area (Å²) in [7, 11) is 0. The number of aryl methyl sites for hydroxylation is 1. The van der Waals surface area contributed by atoms with E-state index < -0.39 is 28.7 Å². The van der Waals surface area contributed by atoms with E-state index in [0.717, 1.165) is 26.4 Å². The number of aromatic nitrogens is 3. The minimum Gasteiger partial charge on any atom is -0.348 e. The predicted molar refractivity (Wildman–Crippen MR) is 112 cm³/mol. The second-order valence-corrected chi connectivity index (χ2v) is 7.19. The molecule has 0 aliphatic rings. The molecule has 156 valence electrons. The van der Waals surface area contributed by atoms with E-state index in [9.17, 15) is 18.8 Å². The van der Waals surface area contributed by atoms with E-state index in [0.29, 0.717) is 6.42 Å². The standard InChI is InChI=1S/C22H23FN4O3/c1-4-15(3)24-20(28)19-21(29)26(13-16-8-5-7-14(2)11-16)22(30)27(25-19)18-10-6-9-17(23)12-18/h5-12,15H,4,13H2,1-3H3,(H,24,28)/t15-/m0/s1. The number of nitrogens with zero attached hydrogens (tertiary/aromatic N) is 3. The average molecular weight is 410 g/mol. The van der Waals surface area contributed by atoms with Gasteiger partial charge in [-0.15, -0.1) is 0 Å². The van der Waals surface area contributed by atoms with Crippen LogP contribution in [0.2, 0.25) is 0 Å². The lowest BCUT2D eigenvalue weighted by Gasteiger charge is -2.14. The third-order valence-electron chi connectivity index (χ3n) is 4.74. The SMILES string of the molecule is CC[C@H](C)NC(=O)c1nn(-c2cccc(F)c2)c(=O)n(Cc2cccc(C)c2)c1=O. The predicted octanol–water partition coefficient (Wildman–Crippen LogP) is 2.42. The number of rotatable bonds is 6. The molecule has 0 fully saturated rings. The van der Waals surface area contributed by atoms with Crippen molar-refractivity contribution >= 4 is 5.91 Å². The van der Waals surface area contributed by atoms with Crippen molar-refractivity contribution in [1.29, 1.82) is 0 Å². The Morgan fingerprint density at radius 3 is 2.57 bits per heavy atom. The van der Waals surface area contributed by atoms with Crippen molar-refractivity contribution in [3.05, 3.63) is 92.0 Å². The number of carbonyl (C=O) groups is 1. The van der Waals surface area contributed by atoms with Crippen LogP contribution in [0.1, 0.15) is 41.9 Å². The van der Waals surface area contributed by atoms with Gasteiger partial charge in [-0.1, -0.05) is 42.8 Å². The highest BCUT2D eigenvalue weighted by Gasteiger charge is 2.21. The van der Waals surface area contributed by atoms with Gasteiger partial charge < -0.3 is 5.32 Å². The van der Waals surface area contributed by atoms with Crippen LogP contribution in [0, 0.1) is 12.7 Å². The van der Waals surface area contributed by atoms with Gasteiger partial charge in [0.25, 0.3) is 11.5 Å². The zero-order chi connectivity index (χ0) is 21.8. The molecule has 7 nitrogen and oxygen atoms in total. The molecule has 1 atom stereocenters. The molecule has 0 spiro atoms. The molecule has 0 bridgehead atoms. The number of halogens is 1. The second kappa shape index (κ2) is 8.86. The normalized spacial score (nSPS) is 11.9. The van der Waals surface area contributed by atoms with Crippen molar-refractivity contribution in [3.63, 3.8) is 0 Å². The van der Waals surface area contributed by atoms with Crippen LogP contribution in [0.3, 0.4) is 0 Å². The molecule has 0 aliphatic heterocycles. The molecule has 0 aliphatic carbocycles. The number of benzene rings is 2. The fraction of sp³-hybridized carbons (Fsp3) is 0.273. The highest BCUT2D eigenvalue weighted by molar-refractivity contribution is 5.91. The van der Waals surface area contributed by atoms with Crippen molar-refractivity contribution in [2.24, 2.45) is 0 Å².